The maximum atomic E-state index is 12.7. The van der Waals surface area contributed by atoms with Crippen molar-refractivity contribution in [1.29, 1.82) is 0 Å². The topological polar surface area (TPSA) is 55.4 Å². The summed E-state index contributed by atoms with van der Waals surface area (Å²) in [5, 5.41) is 2.73. The smallest absolute Gasteiger partial charge is 0.406 e. The van der Waals surface area contributed by atoms with Gasteiger partial charge in [0.2, 0.25) is 5.91 Å². The van der Waals surface area contributed by atoms with Gasteiger partial charge in [-0.25, -0.2) is 0 Å². The number of halogens is 3. The maximum Gasteiger partial charge on any atom is 0.573 e. The third-order valence-electron chi connectivity index (χ3n) is 3.67. The number of rotatable bonds is 5. The second-order valence-corrected chi connectivity index (χ2v) is 8.35. The summed E-state index contributed by atoms with van der Waals surface area (Å²) in [5.74, 6) is -0.930. The number of nitrogens with one attached hydrogen (secondary N) is 1. The quantitative estimate of drug-likeness (QED) is 0.838. The van der Waals surface area contributed by atoms with Gasteiger partial charge in [0.25, 0.3) is 0 Å². The van der Waals surface area contributed by atoms with E-state index in [4.69, 9.17) is 0 Å². The molecule has 0 saturated carbocycles. The van der Waals surface area contributed by atoms with Gasteiger partial charge in [0.05, 0.1) is 12.5 Å². The number of Topliss-reactive ketones (excluding diaryl/α,β-unsaturated/α-hetero) is 1. The number of alkyl halides is 3. The van der Waals surface area contributed by atoms with Crippen molar-refractivity contribution < 1.29 is 27.5 Å². The van der Waals surface area contributed by atoms with Crippen molar-refractivity contribution in [2.45, 2.75) is 60.4 Å². The fourth-order valence-corrected chi connectivity index (χ4v) is 2.36. The zero-order valence-corrected chi connectivity index (χ0v) is 16.0. The number of amides is 1. The van der Waals surface area contributed by atoms with Crippen LogP contribution in [-0.4, -0.2) is 24.1 Å². The number of ether oxygens (including phenoxy) is 1. The van der Waals surface area contributed by atoms with Gasteiger partial charge < -0.3 is 10.1 Å². The molecule has 1 amide bonds. The summed E-state index contributed by atoms with van der Waals surface area (Å²) in [5.41, 5.74) is -0.771. The Balaban J connectivity index is 2.90. The molecule has 0 aliphatic rings. The summed E-state index contributed by atoms with van der Waals surface area (Å²) >= 11 is 0. The fraction of sp³-hybridized carbons (Fsp3) is 0.579. The Morgan fingerprint density at radius 2 is 1.65 bits per heavy atom. The van der Waals surface area contributed by atoms with E-state index in [2.05, 4.69) is 10.1 Å². The number of hydrogen-bond donors (Lipinski definition) is 1. The molecule has 0 spiro atoms. The standard InChI is InChI=1S/C19H26F3NO3/c1-17(2,3)15(16(25)18(4,5)6)23-14(24)11-12-8-7-9-13(10-12)26-19(20,21)22/h7-10,15H,11H2,1-6H3,(H,23,24). The summed E-state index contributed by atoms with van der Waals surface area (Å²) in [6, 6.07) is 4.52. The molecule has 0 radical (unpaired) electrons. The summed E-state index contributed by atoms with van der Waals surface area (Å²) in [7, 11) is 0. The molecule has 1 N–H and O–H groups in total. The number of hydrogen-bond acceptors (Lipinski definition) is 3. The first-order valence-corrected chi connectivity index (χ1v) is 8.28. The molecule has 4 nitrogen and oxygen atoms in total. The molecule has 26 heavy (non-hydrogen) atoms. The molecule has 1 aromatic rings. The van der Waals surface area contributed by atoms with Crippen molar-refractivity contribution in [3.05, 3.63) is 29.8 Å². The van der Waals surface area contributed by atoms with Crippen molar-refractivity contribution in [3.63, 3.8) is 0 Å². The zero-order chi connectivity index (χ0) is 20.3. The highest BCUT2D eigenvalue weighted by Gasteiger charge is 2.38. The third-order valence-corrected chi connectivity index (χ3v) is 3.67. The van der Waals surface area contributed by atoms with Crippen LogP contribution >= 0.6 is 0 Å². The largest absolute Gasteiger partial charge is 0.573 e. The van der Waals surface area contributed by atoms with Crippen molar-refractivity contribution in [3.8, 4) is 5.75 Å². The lowest BCUT2D eigenvalue weighted by Crippen LogP contribution is -2.53. The first kappa shape index (κ1) is 22.0. The molecular formula is C19H26F3NO3. The van der Waals surface area contributed by atoms with Crippen LogP contribution in [0.1, 0.15) is 47.1 Å². The fourth-order valence-electron chi connectivity index (χ4n) is 2.36. The SMILES string of the molecule is CC(C)(C)C(=O)C(NC(=O)Cc1cccc(OC(F)(F)F)c1)C(C)(C)C. The van der Waals surface area contributed by atoms with Gasteiger partial charge in [0.1, 0.15) is 5.75 Å². The predicted molar refractivity (Wildman–Crippen MR) is 92.7 cm³/mol. The highest BCUT2D eigenvalue weighted by Crippen LogP contribution is 2.28. The van der Waals surface area contributed by atoms with E-state index in [-0.39, 0.29) is 18.0 Å². The van der Waals surface area contributed by atoms with Crippen LogP contribution in [-0.2, 0) is 16.0 Å². The molecule has 0 saturated heterocycles. The molecule has 0 aliphatic carbocycles. The van der Waals surface area contributed by atoms with Crippen LogP contribution < -0.4 is 10.1 Å². The second-order valence-electron chi connectivity index (χ2n) is 8.35. The monoisotopic (exact) mass is 373 g/mol. The van der Waals surface area contributed by atoms with Gasteiger partial charge in [-0.2, -0.15) is 0 Å². The molecule has 146 valence electrons. The van der Waals surface area contributed by atoms with E-state index in [1.54, 1.807) is 20.8 Å². The Morgan fingerprint density at radius 3 is 2.12 bits per heavy atom. The van der Waals surface area contributed by atoms with Crippen LogP contribution in [0.5, 0.6) is 5.75 Å². The number of ketones is 1. The van der Waals surface area contributed by atoms with Gasteiger partial charge in [-0.05, 0) is 23.1 Å². The number of carbonyl (C=O) groups is 2. The lowest BCUT2D eigenvalue weighted by Gasteiger charge is -2.34. The van der Waals surface area contributed by atoms with E-state index in [9.17, 15) is 22.8 Å². The molecule has 0 aliphatic heterocycles. The van der Waals surface area contributed by atoms with Gasteiger partial charge in [-0.1, -0.05) is 53.7 Å². The van der Waals surface area contributed by atoms with E-state index in [0.717, 1.165) is 12.1 Å². The summed E-state index contributed by atoms with van der Waals surface area (Å²) in [4.78, 5) is 25.0. The van der Waals surface area contributed by atoms with E-state index in [1.165, 1.54) is 12.1 Å². The van der Waals surface area contributed by atoms with E-state index < -0.39 is 29.1 Å². The zero-order valence-electron chi connectivity index (χ0n) is 16.0. The molecule has 7 heteroatoms. The van der Waals surface area contributed by atoms with Crippen LogP contribution in [0.25, 0.3) is 0 Å². The minimum atomic E-state index is -4.79. The Bertz CT molecular complexity index is 655. The molecule has 1 unspecified atom stereocenters. The Morgan fingerprint density at radius 1 is 1.08 bits per heavy atom. The highest BCUT2D eigenvalue weighted by molar-refractivity contribution is 5.93. The van der Waals surface area contributed by atoms with Crippen LogP contribution in [0.15, 0.2) is 24.3 Å². The van der Waals surface area contributed by atoms with Crippen LogP contribution in [0.4, 0.5) is 13.2 Å². The second kappa shape index (κ2) is 7.68. The average molecular weight is 373 g/mol. The number of benzene rings is 1. The summed E-state index contributed by atoms with van der Waals surface area (Å²) < 4.78 is 40.8. The van der Waals surface area contributed by atoms with Gasteiger partial charge in [0.15, 0.2) is 5.78 Å². The normalized spacial score (nSPS) is 13.9. The maximum absolute atomic E-state index is 12.7. The Kier molecular flexibility index (Phi) is 6.49. The van der Waals surface area contributed by atoms with E-state index in [0.29, 0.717) is 5.56 Å². The molecule has 1 rings (SSSR count). The van der Waals surface area contributed by atoms with Crippen molar-refractivity contribution in [1.82, 2.24) is 5.32 Å². The minimum absolute atomic E-state index is 0.104. The summed E-state index contributed by atoms with van der Waals surface area (Å²) in [6.07, 6.45) is -4.95. The Labute approximate surface area is 152 Å². The van der Waals surface area contributed by atoms with Crippen LogP contribution in [0, 0.1) is 10.8 Å². The van der Waals surface area contributed by atoms with Crippen LogP contribution in [0.2, 0.25) is 0 Å². The summed E-state index contributed by atoms with van der Waals surface area (Å²) in [6.45, 7) is 10.9. The minimum Gasteiger partial charge on any atom is -0.406 e. The van der Waals surface area contributed by atoms with Crippen molar-refractivity contribution >= 4 is 11.7 Å². The van der Waals surface area contributed by atoms with Crippen molar-refractivity contribution in [2.24, 2.45) is 10.8 Å². The first-order chi connectivity index (χ1) is 11.6. The molecule has 0 aromatic heterocycles. The molecule has 0 fully saturated rings. The van der Waals surface area contributed by atoms with Gasteiger partial charge >= 0.3 is 6.36 Å². The van der Waals surface area contributed by atoms with Gasteiger partial charge in [-0.15, -0.1) is 13.2 Å². The van der Waals surface area contributed by atoms with Gasteiger partial charge in [0, 0.05) is 5.41 Å². The van der Waals surface area contributed by atoms with E-state index >= 15 is 0 Å². The molecule has 0 heterocycles. The Hall–Kier alpha value is -2.05. The molecule has 1 aromatic carbocycles. The third kappa shape index (κ3) is 7.06. The lowest BCUT2D eigenvalue weighted by molar-refractivity contribution is -0.274. The number of carbonyl (C=O) groups excluding carboxylic acids is 2. The van der Waals surface area contributed by atoms with Crippen LogP contribution in [0.3, 0.4) is 0 Å². The molecule has 0 bridgehead atoms. The highest BCUT2D eigenvalue weighted by atomic mass is 19.4. The first-order valence-electron chi connectivity index (χ1n) is 8.28. The molecule has 1 atom stereocenters. The van der Waals surface area contributed by atoms with Crippen molar-refractivity contribution in [2.75, 3.05) is 0 Å². The van der Waals surface area contributed by atoms with Gasteiger partial charge in [-0.3, -0.25) is 9.59 Å². The molecular weight excluding hydrogens is 347 g/mol. The lowest BCUT2D eigenvalue weighted by atomic mass is 9.75. The van der Waals surface area contributed by atoms with E-state index in [1.807, 2.05) is 20.8 Å². The predicted octanol–water partition coefficient (Wildman–Crippen LogP) is 4.27. The average Bonchev–Trinajstić information content (AvgIpc) is 2.40.